The number of aryl methyl sites for hydroxylation is 1. The van der Waals surface area contributed by atoms with Gasteiger partial charge in [0.15, 0.2) is 11.6 Å². The molecule has 0 saturated heterocycles. The maximum atomic E-state index is 13.7. The van der Waals surface area contributed by atoms with Crippen LogP contribution >= 0.6 is 11.9 Å². The Kier molecular flexibility index (Phi) is 4.10. The minimum absolute atomic E-state index is 0.240. The Balaban J connectivity index is 2.18. The normalized spacial score (nSPS) is 10.2. The molecule has 2 rings (SSSR count). The van der Waals surface area contributed by atoms with Gasteiger partial charge >= 0.3 is 0 Å². The van der Waals surface area contributed by atoms with E-state index in [1.54, 1.807) is 0 Å². The van der Waals surface area contributed by atoms with Crippen LogP contribution in [-0.2, 0) is 0 Å². The van der Waals surface area contributed by atoms with Crippen LogP contribution in [0.1, 0.15) is 5.56 Å². The van der Waals surface area contributed by atoms with E-state index in [0.717, 1.165) is 10.5 Å². The summed E-state index contributed by atoms with van der Waals surface area (Å²) in [5.41, 5.74) is 1.49. The first-order valence-corrected chi connectivity index (χ1v) is 6.34. The fourth-order valence-electron chi connectivity index (χ4n) is 1.61. The molecule has 0 aliphatic heterocycles. The molecular formula is C14H14FNOS. The Bertz CT molecular complexity index is 531. The van der Waals surface area contributed by atoms with E-state index in [4.69, 9.17) is 4.74 Å². The molecule has 0 amide bonds. The van der Waals surface area contributed by atoms with Crippen LogP contribution in [0, 0.1) is 12.7 Å². The summed E-state index contributed by atoms with van der Waals surface area (Å²) in [6.45, 7) is 1.85. The Morgan fingerprint density at radius 3 is 2.56 bits per heavy atom. The number of methoxy groups -OCH3 is 1. The molecule has 4 heteroatoms. The summed E-state index contributed by atoms with van der Waals surface area (Å²) in [4.78, 5) is 1.06. The Morgan fingerprint density at radius 2 is 1.89 bits per heavy atom. The number of rotatable bonds is 4. The van der Waals surface area contributed by atoms with Gasteiger partial charge in [-0.15, -0.1) is 0 Å². The van der Waals surface area contributed by atoms with Crippen molar-refractivity contribution >= 4 is 17.6 Å². The summed E-state index contributed by atoms with van der Waals surface area (Å²) in [5.74, 6) is -0.113. The molecule has 0 bridgehead atoms. The van der Waals surface area contributed by atoms with Crippen LogP contribution < -0.4 is 9.46 Å². The molecule has 0 spiro atoms. The minimum Gasteiger partial charge on any atom is -0.492 e. The molecule has 0 aromatic heterocycles. The van der Waals surface area contributed by atoms with Gasteiger partial charge in [0, 0.05) is 4.90 Å². The number of nitrogens with one attached hydrogen (secondary N) is 1. The highest BCUT2D eigenvalue weighted by Gasteiger charge is 2.10. The molecule has 2 aromatic carbocycles. The summed E-state index contributed by atoms with van der Waals surface area (Å²) in [7, 11) is 1.46. The van der Waals surface area contributed by atoms with Gasteiger partial charge in [0.1, 0.15) is 0 Å². The first kappa shape index (κ1) is 12.8. The third-order valence-corrected chi connectivity index (χ3v) is 3.24. The van der Waals surface area contributed by atoms with Crippen molar-refractivity contribution in [3.05, 3.63) is 53.8 Å². The van der Waals surface area contributed by atoms with Crippen LogP contribution in [-0.4, -0.2) is 7.11 Å². The highest BCUT2D eigenvalue weighted by Crippen LogP contribution is 2.32. The molecule has 94 valence electrons. The van der Waals surface area contributed by atoms with Gasteiger partial charge in [-0.1, -0.05) is 18.2 Å². The number of halogens is 1. The third-order valence-electron chi connectivity index (χ3n) is 2.41. The lowest BCUT2D eigenvalue weighted by molar-refractivity contribution is 0.388. The smallest absolute Gasteiger partial charge is 0.178 e. The van der Waals surface area contributed by atoms with E-state index in [1.807, 2.05) is 43.3 Å². The van der Waals surface area contributed by atoms with Gasteiger partial charge in [-0.05, 0) is 48.7 Å². The van der Waals surface area contributed by atoms with Gasteiger partial charge in [-0.2, -0.15) is 0 Å². The predicted molar refractivity (Wildman–Crippen MR) is 73.6 cm³/mol. The van der Waals surface area contributed by atoms with E-state index in [-0.39, 0.29) is 11.6 Å². The molecule has 0 fully saturated rings. The molecule has 0 atom stereocenters. The molecule has 0 saturated carbocycles. The largest absolute Gasteiger partial charge is 0.492 e. The average Bonchev–Trinajstić information content (AvgIpc) is 2.37. The van der Waals surface area contributed by atoms with Gasteiger partial charge in [0.25, 0.3) is 0 Å². The topological polar surface area (TPSA) is 21.3 Å². The first-order valence-electron chi connectivity index (χ1n) is 5.52. The number of benzene rings is 2. The van der Waals surface area contributed by atoms with Gasteiger partial charge in [-0.25, -0.2) is 4.39 Å². The number of hydrogen-bond donors (Lipinski definition) is 1. The molecule has 2 nitrogen and oxygen atoms in total. The monoisotopic (exact) mass is 263 g/mol. The van der Waals surface area contributed by atoms with Crippen molar-refractivity contribution in [1.29, 1.82) is 0 Å². The molecule has 0 unspecified atom stereocenters. The number of anilines is 1. The molecule has 1 N–H and O–H groups in total. The van der Waals surface area contributed by atoms with Crippen LogP contribution in [0.15, 0.2) is 47.4 Å². The SMILES string of the molecule is COc1c(F)cc(C)cc1NSc1ccccc1. The Morgan fingerprint density at radius 1 is 1.17 bits per heavy atom. The second-order valence-electron chi connectivity index (χ2n) is 3.84. The Labute approximate surface area is 110 Å². The van der Waals surface area contributed by atoms with Crippen LogP contribution in [0.4, 0.5) is 10.1 Å². The lowest BCUT2D eigenvalue weighted by Gasteiger charge is -2.12. The maximum Gasteiger partial charge on any atom is 0.178 e. The number of hydrogen-bond acceptors (Lipinski definition) is 3. The first-order chi connectivity index (χ1) is 8.70. The lowest BCUT2D eigenvalue weighted by Crippen LogP contribution is -1.96. The van der Waals surface area contributed by atoms with E-state index < -0.39 is 0 Å². The highest BCUT2D eigenvalue weighted by atomic mass is 32.2. The van der Waals surface area contributed by atoms with Crippen molar-refractivity contribution in [1.82, 2.24) is 0 Å². The van der Waals surface area contributed by atoms with Crippen molar-refractivity contribution < 1.29 is 9.13 Å². The van der Waals surface area contributed by atoms with Gasteiger partial charge in [0.05, 0.1) is 12.8 Å². The van der Waals surface area contributed by atoms with E-state index in [2.05, 4.69) is 4.72 Å². The van der Waals surface area contributed by atoms with Crippen molar-refractivity contribution in [3.63, 3.8) is 0 Å². The second kappa shape index (κ2) is 5.78. The molecule has 0 aliphatic rings. The maximum absolute atomic E-state index is 13.7. The summed E-state index contributed by atoms with van der Waals surface area (Å²) >= 11 is 1.42. The summed E-state index contributed by atoms with van der Waals surface area (Å²) in [6.07, 6.45) is 0. The van der Waals surface area contributed by atoms with Gasteiger partial charge in [-0.3, -0.25) is 0 Å². The average molecular weight is 263 g/mol. The van der Waals surface area contributed by atoms with Gasteiger partial charge < -0.3 is 9.46 Å². The van der Waals surface area contributed by atoms with Crippen molar-refractivity contribution in [2.75, 3.05) is 11.8 Å². The van der Waals surface area contributed by atoms with Gasteiger partial charge in [0.2, 0.25) is 0 Å². The fourth-order valence-corrected chi connectivity index (χ4v) is 2.29. The molecule has 2 aromatic rings. The zero-order chi connectivity index (χ0) is 13.0. The van der Waals surface area contributed by atoms with Crippen molar-refractivity contribution in [2.45, 2.75) is 11.8 Å². The molecule has 0 heterocycles. The van der Waals surface area contributed by atoms with E-state index >= 15 is 0 Å². The van der Waals surface area contributed by atoms with Crippen LogP contribution in [0.2, 0.25) is 0 Å². The van der Waals surface area contributed by atoms with Crippen molar-refractivity contribution in [3.8, 4) is 5.75 Å². The Hall–Kier alpha value is -1.68. The molecule has 0 aliphatic carbocycles. The fraction of sp³-hybridized carbons (Fsp3) is 0.143. The van der Waals surface area contributed by atoms with E-state index in [1.165, 1.54) is 25.1 Å². The summed E-state index contributed by atoms with van der Waals surface area (Å²) < 4.78 is 21.8. The zero-order valence-corrected chi connectivity index (χ0v) is 11.1. The zero-order valence-electron chi connectivity index (χ0n) is 10.2. The summed E-state index contributed by atoms with van der Waals surface area (Å²) in [5, 5.41) is 0. The van der Waals surface area contributed by atoms with E-state index in [0.29, 0.717) is 5.69 Å². The minimum atomic E-state index is -0.353. The van der Waals surface area contributed by atoms with Crippen LogP contribution in [0.25, 0.3) is 0 Å². The predicted octanol–water partition coefficient (Wildman–Crippen LogP) is 4.26. The van der Waals surface area contributed by atoms with Crippen molar-refractivity contribution in [2.24, 2.45) is 0 Å². The molecule has 0 radical (unpaired) electrons. The second-order valence-corrected chi connectivity index (χ2v) is 4.72. The number of ether oxygens (including phenoxy) is 1. The lowest BCUT2D eigenvalue weighted by atomic mass is 10.2. The molecular weight excluding hydrogens is 249 g/mol. The standard InChI is InChI=1S/C14H14FNOS/c1-10-8-12(15)14(17-2)13(9-10)16-18-11-6-4-3-5-7-11/h3-9,16H,1-2H3. The third kappa shape index (κ3) is 2.96. The van der Waals surface area contributed by atoms with Crippen LogP contribution in [0.5, 0.6) is 5.75 Å². The van der Waals surface area contributed by atoms with E-state index in [9.17, 15) is 4.39 Å². The quantitative estimate of drug-likeness (QED) is 0.833. The van der Waals surface area contributed by atoms with Crippen LogP contribution in [0.3, 0.4) is 0 Å². The molecule has 18 heavy (non-hydrogen) atoms. The highest BCUT2D eigenvalue weighted by molar-refractivity contribution is 8.00. The summed E-state index contributed by atoms with van der Waals surface area (Å²) in [6, 6.07) is 13.1.